The van der Waals surface area contributed by atoms with Crippen LogP contribution >= 0.6 is 0 Å². The Balaban J connectivity index is 1.18. The largest absolute Gasteiger partial charge is 0.441 e. The highest BCUT2D eigenvalue weighted by Gasteiger charge is 2.47. The van der Waals surface area contributed by atoms with E-state index in [4.69, 9.17) is 4.74 Å². The average Bonchev–Trinajstić information content (AvgIpc) is 3.04. The van der Waals surface area contributed by atoms with Gasteiger partial charge < -0.3 is 24.8 Å². The van der Waals surface area contributed by atoms with E-state index in [2.05, 4.69) is 26.9 Å². The number of rotatable bonds is 6. The smallest absolute Gasteiger partial charge is 0.410 e. The van der Waals surface area contributed by atoms with Crippen LogP contribution in [0.4, 0.5) is 4.79 Å². The predicted octanol–water partition coefficient (Wildman–Crippen LogP) is 1.05. The minimum absolute atomic E-state index is 0.0800. The molecule has 0 aromatic rings. The van der Waals surface area contributed by atoms with Gasteiger partial charge in [-0.3, -0.25) is 4.90 Å². The number of hydrogen-bond donors (Lipinski definition) is 1. The normalized spacial score (nSPS) is 30.1. The minimum atomic E-state index is -0.220. The topological polar surface area (TPSA) is 51.3 Å². The Labute approximate surface area is 170 Å². The maximum atomic E-state index is 12.5. The first-order valence-electron chi connectivity index (χ1n) is 11.5. The maximum Gasteiger partial charge on any atom is 0.410 e. The van der Waals surface area contributed by atoms with E-state index in [0.29, 0.717) is 6.04 Å². The summed E-state index contributed by atoms with van der Waals surface area (Å²) in [6.45, 7) is 15.2. The second kappa shape index (κ2) is 9.28. The Hall–Kier alpha value is -0.890. The molecule has 1 atom stereocenters. The summed E-state index contributed by atoms with van der Waals surface area (Å²) in [5.74, 6) is 0. The third-order valence-electron chi connectivity index (χ3n) is 7.35. The van der Waals surface area contributed by atoms with Crippen molar-refractivity contribution in [2.45, 2.75) is 50.7 Å². The van der Waals surface area contributed by atoms with E-state index in [-0.39, 0.29) is 11.7 Å². The molecule has 1 spiro atoms. The molecular formula is C21H39N5O2. The van der Waals surface area contributed by atoms with E-state index < -0.39 is 0 Å². The number of ether oxygens (including phenoxy) is 1. The molecule has 1 N–H and O–H groups in total. The molecule has 4 fully saturated rings. The molecule has 4 aliphatic rings. The van der Waals surface area contributed by atoms with Crippen LogP contribution in [0.3, 0.4) is 0 Å². The second-order valence-electron chi connectivity index (χ2n) is 9.14. The van der Waals surface area contributed by atoms with Crippen LogP contribution in [-0.2, 0) is 4.74 Å². The number of piperazine rings is 1. The van der Waals surface area contributed by atoms with Crippen molar-refractivity contribution in [1.29, 1.82) is 0 Å². The second-order valence-corrected chi connectivity index (χ2v) is 9.14. The van der Waals surface area contributed by atoms with Crippen molar-refractivity contribution in [3.8, 4) is 0 Å². The fourth-order valence-electron chi connectivity index (χ4n) is 5.38. The highest BCUT2D eigenvalue weighted by Crippen LogP contribution is 2.34. The quantitative estimate of drug-likeness (QED) is 0.728. The van der Waals surface area contributed by atoms with Gasteiger partial charge >= 0.3 is 6.09 Å². The van der Waals surface area contributed by atoms with Crippen LogP contribution in [0.25, 0.3) is 0 Å². The van der Waals surface area contributed by atoms with Crippen LogP contribution in [0, 0.1) is 0 Å². The summed E-state index contributed by atoms with van der Waals surface area (Å²) in [5, 5.41) is 3.52. The fourth-order valence-corrected chi connectivity index (χ4v) is 5.38. The molecule has 4 heterocycles. The minimum Gasteiger partial charge on any atom is -0.441 e. The Morgan fingerprint density at radius 3 is 2.50 bits per heavy atom. The molecule has 0 aliphatic carbocycles. The lowest BCUT2D eigenvalue weighted by atomic mass is 9.89. The van der Waals surface area contributed by atoms with Gasteiger partial charge in [0.2, 0.25) is 0 Å². The SMILES string of the molecule is CCN1CCN(CCCN2CC3(CCN([C@@H]4CCCNC4)CC3)OC2=O)CC1. The molecule has 7 nitrogen and oxygen atoms in total. The number of amides is 1. The molecule has 0 aromatic heterocycles. The molecule has 1 amide bonds. The van der Waals surface area contributed by atoms with Crippen molar-refractivity contribution >= 4 is 6.09 Å². The molecule has 0 aromatic carbocycles. The molecule has 0 bridgehead atoms. The van der Waals surface area contributed by atoms with Gasteiger partial charge in [-0.1, -0.05) is 6.92 Å². The number of nitrogens with zero attached hydrogens (tertiary/aromatic N) is 4. The zero-order valence-electron chi connectivity index (χ0n) is 17.7. The standard InChI is InChI=1S/C21H39N5O2/c1-2-23-13-15-24(16-14-23)9-4-10-26-18-21(28-20(26)27)6-11-25(12-7-21)19-5-3-8-22-17-19/h19,22H,2-18H2,1H3/t19-/m1/s1. The molecule has 0 radical (unpaired) electrons. The lowest BCUT2D eigenvalue weighted by molar-refractivity contribution is -0.0127. The van der Waals surface area contributed by atoms with Crippen LogP contribution in [0.15, 0.2) is 0 Å². The zero-order valence-corrected chi connectivity index (χ0v) is 17.7. The number of nitrogens with one attached hydrogen (secondary N) is 1. The monoisotopic (exact) mass is 393 g/mol. The number of hydrogen-bond acceptors (Lipinski definition) is 6. The van der Waals surface area contributed by atoms with Gasteiger partial charge in [-0.25, -0.2) is 4.79 Å². The fraction of sp³-hybridized carbons (Fsp3) is 0.952. The van der Waals surface area contributed by atoms with Gasteiger partial charge in [-0.15, -0.1) is 0 Å². The van der Waals surface area contributed by atoms with E-state index in [1.165, 1.54) is 25.9 Å². The van der Waals surface area contributed by atoms with Gasteiger partial charge in [-0.05, 0) is 38.9 Å². The molecule has 4 saturated heterocycles. The third kappa shape index (κ3) is 4.81. The van der Waals surface area contributed by atoms with Crippen molar-refractivity contribution in [2.24, 2.45) is 0 Å². The van der Waals surface area contributed by atoms with Crippen molar-refractivity contribution < 1.29 is 9.53 Å². The molecular weight excluding hydrogens is 354 g/mol. The summed E-state index contributed by atoms with van der Waals surface area (Å²) in [5.41, 5.74) is -0.220. The number of likely N-dealkylation sites (tertiary alicyclic amines) is 1. The van der Waals surface area contributed by atoms with E-state index in [1.807, 2.05) is 4.90 Å². The highest BCUT2D eigenvalue weighted by atomic mass is 16.6. The summed E-state index contributed by atoms with van der Waals surface area (Å²) in [4.78, 5) is 22.1. The molecule has 28 heavy (non-hydrogen) atoms. The summed E-state index contributed by atoms with van der Waals surface area (Å²) >= 11 is 0. The summed E-state index contributed by atoms with van der Waals surface area (Å²) < 4.78 is 5.93. The lowest BCUT2D eigenvalue weighted by Gasteiger charge is -2.42. The molecule has 7 heteroatoms. The summed E-state index contributed by atoms with van der Waals surface area (Å²) in [6.07, 6.45) is 5.54. The first-order valence-corrected chi connectivity index (χ1v) is 11.5. The first-order chi connectivity index (χ1) is 13.7. The highest BCUT2D eigenvalue weighted by molar-refractivity contribution is 5.70. The van der Waals surface area contributed by atoms with Crippen molar-refractivity contribution in [1.82, 2.24) is 24.9 Å². The molecule has 4 rings (SSSR count). The van der Waals surface area contributed by atoms with Gasteiger partial charge in [0.25, 0.3) is 0 Å². The van der Waals surface area contributed by atoms with Crippen LogP contribution in [0.2, 0.25) is 0 Å². The number of carbonyl (C=O) groups is 1. The van der Waals surface area contributed by atoms with Gasteiger partial charge in [-0.2, -0.15) is 0 Å². The molecule has 0 unspecified atom stereocenters. The summed E-state index contributed by atoms with van der Waals surface area (Å²) in [6, 6.07) is 0.674. The van der Waals surface area contributed by atoms with Crippen molar-refractivity contribution in [3.05, 3.63) is 0 Å². The van der Waals surface area contributed by atoms with Crippen LogP contribution in [0.5, 0.6) is 0 Å². The number of likely N-dealkylation sites (N-methyl/N-ethyl adjacent to an activating group) is 1. The predicted molar refractivity (Wildman–Crippen MR) is 111 cm³/mol. The summed E-state index contributed by atoms with van der Waals surface area (Å²) in [7, 11) is 0. The van der Waals surface area contributed by atoms with E-state index in [9.17, 15) is 4.79 Å². The van der Waals surface area contributed by atoms with Gasteiger partial charge in [0.05, 0.1) is 6.54 Å². The Kier molecular flexibility index (Phi) is 6.76. The lowest BCUT2D eigenvalue weighted by Crippen LogP contribution is -2.53. The Bertz CT molecular complexity index is 509. The van der Waals surface area contributed by atoms with Crippen molar-refractivity contribution in [2.75, 3.05) is 78.5 Å². The number of carbonyl (C=O) groups excluding carboxylic acids is 1. The van der Waals surface area contributed by atoms with E-state index >= 15 is 0 Å². The first kappa shape index (κ1) is 20.4. The van der Waals surface area contributed by atoms with E-state index in [1.54, 1.807) is 0 Å². The Morgan fingerprint density at radius 1 is 1.07 bits per heavy atom. The molecule has 0 saturated carbocycles. The van der Waals surface area contributed by atoms with Crippen LogP contribution in [0.1, 0.15) is 39.0 Å². The third-order valence-corrected chi connectivity index (χ3v) is 7.35. The Morgan fingerprint density at radius 2 is 1.82 bits per heavy atom. The average molecular weight is 394 g/mol. The van der Waals surface area contributed by atoms with Crippen LogP contribution < -0.4 is 5.32 Å². The molecule has 160 valence electrons. The van der Waals surface area contributed by atoms with Gasteiger partial charge in [0.15, 0.2) is 0 Å². The molecule has 4 aliphatic heterocycles. The van der Waals surface area contributed by atoms with Crippen LogP contribution in [-0.4, -0.2) is 116 Å². The maximum absolute atomic E-state index is 12.5. The number of piperidine rings is 2. The zero-order chi connectivity index (χ0) is 19.4. The van der Waals surface area contributed by atoms with Crippen molar-refractivity contribution in [3.63, 3.8) is 0 Å². The van der Waals surface area contributed by atoms with Gasteiger partial charge in [0, 0.05) is 71.2 Å². The van der Waals surface area contributed by atoms with E-state index in [0.717, 1.165) is 84.7 Å². The van der Waals surface area contributed by atoms with Gasteiger partial charge in [0.1, 0.15) is 5.60 Å².